The lowest BCUT2D eigenvalue weighted by Crippen LogP contribution is -2.43. The summed E-state index contributed by atoms with van der Waals surface area (Å²) in [5.74, 6) is -0.859. The van der Waals surface area contributed by atoms with Crippen LogP contribution in [0.25, 0.3) is 0 Å². The Morgan fingerprint density at radius 3 is 2.74 bits per heavy atom. The van der Waals surface area contributed by atoms with Crippen LogP contribution in [0.15, 0.2) is 36.5 Å². The van der Waals surface area contributed by atoms with Gasteiger partial charge in [0, 0.05) is 19.0 Å². The molecular formula is C20H18F4N6O. The Morgan fingerprint density at radius 1 is 1.19 bits per heavy atom. The number of hydrogen-bond acceptors (Lipinski definition) is 4. The second-order valence-corrected chi connectivity index (χ2v) is 7.81. The Bertz CT molecular complexity index is 1150. The molecule has 2 aliphatic rings. The highest BCUT2D eigenvalue weighted by atomic mass is 19.4. The number of alkyl halides is 4. The van der Waals surface area contributed by atoms with Crippen LogP contribution in [0.4, 0.5) is 23.4 Å². The van der Waals surface area contributed by atoms with Crippen LogP contribution in [0.1, 0.15) is 58.7 Å². The fraction of sp³-hybridized carbons (Fsp3) is 0.400. The number of halogens is 4. The molecule has 7 nitrogen and oxygen atoms in total. The van der Waals surface area contributed by atoms with Crippen molar-refractivity contribution in [1.82, 2.24) is 24.5 Å². The molecule has 162 valence electrons. The Morgan fingerprint density at radius 2 is 2.00 bits per heavy atom. The topological polar surface area (TPSA) is 68.8 Å². The summed E-state index contributed by atoms with van der Waals surface area (Å²) in [7, 11) is 0. The number of fused-ring (bicyclic) bond motifs is 2. The lowest BCUT2D eigenvalue weighted by Gasteiger charge is -2.33. The Kier molecular flexibility index (Phi) is 4.38. The molecule has 2 aromatic heterocycles. The van der Waals surface area contributed by atoms with Crippen molar-refractivity contribution < 1.29 is 22.4 Å². The van der Waals surface area contributed by atoms with Crippen molar-refractivity contribution in [2.45, 2.75) is 44.2 Å². The van der Waals surface area contributed by atoms with Gasteiger partial charge >= 0.3 is 6.18 Å². The maximum atomic E-state index is 14.7. The number of carbonyl (C=O) groups is 1. The van der Waals surface area contributed by atoms with E-state index in [2.05, 4.69) is 15.2 Å². The fourth-order valence-corrected chi connectivity index (χ4v) is 4.30. The first-order valence-corrected chi connectivity index (χ1v) is 9.83. The average molecular weight is 434 g/mol. The zero-order valence-corrected chi connectivity index (χ0v) is 16.4. The molecule has 0 bridgehead atoms. The zero-order valence-electron chi connectivity index (χ0n) is 16.4. The summed E-state index contributed by atoms with van der Waals surface area (Å²) in [5, 5.41) is 8.00. The Balaban J connectivity index is 1.47. The van der Waals surface area contributed by atoms with Gasteiger partial charge in [-0.2, -0.15) is 18.3 Å². The number of aryl methyl sites for hydroxylation is 1. The molecule has 2 aliphatic heterocycles. The molecule has 1 unspecified atom stereocenters. The maximum absolute atomic E-state index is 14.7. The summed E-state index contributed by atoms with van der Waals surface area (Å²) in [6, 6.07) is 6.72. The van der Waals surface area contributed by atoms with Gasteiger partial charge in [0.15, 0.2) is 18.0 Å². The largest absolute Gasteiger partial charge is 0.410 e. The molecule has 0 spiro atoms. The highest BCUT2D eigenvalue weighted by molar-refractivity contribution is 6.03. The molecule has 0 saturated carbocycles. The van der Waals surface area contributed by atoms with Gasteiger partial charge in [-0.1, -0.05) is 29.8 Å². The second-order valence-electron chi connectivity index (χ2n) is 7.81. The third kappa shape index (κ3) is 3.19. The third-order valence-corrected chi connectivity index (χ3v) is 5.75. The van der Waals surface area contributed by atoms with Gasteiger partial charge in [0.25, 0.3) is 5.91 Å². The Labute approximate surface area is 174 Å². The first-order valence-electron chi connectivity index (χ1n) is 9.83. The quantitative estimate of drug-likeness (QED) is 0.573. The van der Waals surface area contributed by atoms with E-state index in [1.54, 1.807) is 0 Å². The van der Waals surface area contributed by atoms with E-state index in [0.717, 1.165) is 20.7 Å². The molecular weight excluding hydrogens is 416 g/mol. The van der Waals surface area contributed by atoms with Crippen LogP contribution in [-0.2, 0) is 0 Å². The predicted molar refractivity (Wildman–Crippen MR) is 101 cm³/mol. The average Bonchev–Trinajstić information content (AvgIpc) is 3.42. The molecule has 3 aromatic rings. The molecule has 1 aromatic carbocycles. The van der Waals surface area contributed by atoms with Crippen LogP contribution < -0.4 is 4.90 Å². The van der Waals surface area contributed by atoms with Gasteiger partial charge in [-0.05, 0) is 18.9 Å². The van der Waals surface area contributed by atoms with Gasteiger partial charge in [-0.25, -0.2) is 18.7 Å². The van der Waals surface area contributed by atoms with Crippen LogP contribution in [0.2, 0.25) is 0 Å². The van der Waals surface area contributed by atoms with Crippen molar-refractivity contribution in [2.75, 3.05) is 11.4 Å². The number of nitrogens with zero attached hydrogens (tertiary/aromatic N) is 6. The number of hydrogen-bond donors (Lipinski definition) is 0. The minimum Gasteiger partial charge on any atom is -0.290 e. The van der Waals surface area contributed by atoms with Crippen LogP contribution in [0.3, 0.4) is 0 Å². The van der Waals surface area contributed by atoms with Gasteiger partial charge in [0.1, 0.15) is 5.82 Å². The van der Waals surface area contributed by atoms with E-state index >= 15 is 0 Å². The summed E-state index contributed by atoms with van der Waals surface area (Å²) < 4.78 is 56.8. The summed E-state index contributed by atoms with van der Waals surface area (Å²) in [5.41, 5.74) is 1.87. The number of carbonyl (C=O) groups excluding carboxylic acids is 1. The van der Waals surface area contributed by atoms with Crippen LogP contribution in [-0.4, -0.2) is 43.2 Å². The van der Waals surface area contributed by atoms with Crippen molar-refractivity contribution in [3.8, 4) is 0 Å². The van der Waals surface area contributed by atoms with E-state index in [1.165, 1.54) is 16.9 Å². The molecule has 0 aliphatic carbocycles. The van der Waals surface area contributed by atoms with E-state index in [9.17, 15) is 22.4 Å². The highest BCUT2D eigenvalue weighted by Crippen LogP contribution is 2.41. The smallest absolute Gasteiger partial charge is 0.290 e. The molecule has 3 atom stereocenters. The Hall–Kier alpha value is -3.24. The number of amides is 1. The molecule has 0 radical (unpaired) electrons. The molecule has 1 amide bonds. The molecule has 0 fully saturated rings. The summed E-state index contributed by atoms with van der Waals surface area (Å²) >= 11 is 0. The highest BCUT2D eigenvalue weighted by Gasteiger charge is 2.46. The van der Waals surface area contributed by atoms with E-state index in [1.807, 2.05) is 31.2 Å². The fourth-order valence-electron chi connectivity index (χ4n) is 4.30. The molecule has 0 saturated heterocycles. The first-order chi connectivity index (χ1) is 14.7. The van der Waals surface area contributed by atoms with Crippen LogP contribution >= 0.6 is 0 Å². The normalized spacial score (nSPS) is 23.0. The number of rotatable bonds is 2. The van der Waals surface area contributed by atoms with Crippen LogP contribution in [0.5, 0.6) is 0 Å². The van der Waals surface area contributed by atoms with Crippen molar-refractivity contribution in [3.05, 3.63) is 59.3 Å². The van der Waals surface area contributed by atoms with Gasteiger partial charge in [-0.3, -0.25) is 9.69 Å². The predicted octanol–water partition coefficient (Wildman–Crippen LogP) is 3.94. The zero-order chi connectivity index (χ0) is 21.9. The van der Waals surface area contributed by atoms with Crippen LogP contribution in [0, 0.1) is 6.92 Å². The minimum atomic E-state index is -4.48. The van der Waals surface area contributed by atoms with E-state index in [-0.39, 0.29) is 36.9 Å². The number of benzene rings is 1. The van der Waals surface area contributed by atoms with E-state index in [0.29, 0.717) is 0 Å². The lowest BCUT2D eigenvalue weighted by atomic mass is 10.0. The van der Waals surface area contributed by atoms with Crippen molar-refractivity contribution in [2.24, 2.45) is 0 Å². The third-order valence-electron chi connectivity index (χ3n) is 5.75. The van der Waals surface area contributed by atoms with Gasteiger partial charge in [0.2, 0.25) is 5.82 Å². The maximum Gasteiger partial charge on any atom is 0.410 e. The SMILES string of the molecule is Cc1cccc([C@@H]2C[C@H](F)c3nc(C(=O)N4CCC(C(F)(F)F)n5nccc54)nn32)c1. The van der Waals surface area contributed by atoms with Crippen molar-refractivity contribution in [3.63, 3.8) is 0 Å². The summed E-state index contributed by atoms with van der Waals surface area (Å²) in [6.07, 6.45) is -4.83. The molecule has 31 heavy (non-hydrogen) atoms. The lowest BCUT2D eigenvalue weighted by molar-refractivity contribution is -0.172. The van der Waals surface area contributed by atoms with Gasteiger partial charge < -0.3 is 0 Å². The molecule has 11 heteroatoms. The first kappa shape index (κ1) is 19.7. The van der Waals surface area contributed by atoms with E-state index < -0.39 is 30.3 Å². The van der Waals surface area contributed by atoms with Crippen molar-refractivity contribution >= 4 is 11.7 Å². The van der Waals surface area contributed by atoms with Crippen molar-refractivity contribution in [1.29, 1.82) is 0 Å². The van der Waals surface area contributed by atoms with E-state index in [4.69, 9.17) is 0 Å². The van der Waals surface area contributed by atoms with Gasteiger partial charge in [-0.15, -0.1) is 5.10 Å². The minimum absolute atomic E-state index is 0.0144. The second kappa shape index (κ2) is 6.89. The summed E-state index contributed by atoms with van der Waals surface area (Å²) in [4.78, 5) is 18.3. The molecule has 4 heterocycles. The molecule has 5 rings (SSSR count). The number of anilines is 1. The molecule has 0 N–H and O–H groups in total. The number of aromatic nitrogens is 5. The van der Waals surface area contributed by atoms with Gasteiger partial charge in [0.05, 0.1) is 12.2 Å². The standard InChI is InChI=1S/C20H18F4N6O/c1-11-3-2-4-12(9-11)14-10-13(21)18-26-17(27-29(14)18)19(31)28-8-6-15(20(22,23)24)30-16(28)5-7-25-30/h2-5,7,9,13-15H,6,8,10H2,1H3/t13-,14-,15?/m0/s1. The summed E-state index contributed by atoms with van der Waals surface area (Å²) in [6.45, 7) is 1.76. The monoisotopic (exact) mass is 434 g/mol.